The SMILES string of the molecule is Cc1nc(N(C)CCN2CCCC2)sc1CN. The van der Waals surface area contributed by atoms with Crippen LogP contribution in [0.5, 0.6) is 0 Å². The molecule has 0 atom stereocenters. The summed E-state index contributed by atoms with van der Waals surface area (Å²) in [7, 11) is 2.12. The van der Waals surface area contributed by atoms with E-state index in [-0.39, 0.29) is 0 Å². The van der Waals surface area contributed by atoms with Gasteiger partial charge in [0.25, 0.3) is 0 Å². The van der Waals surface area contributed by atoms with Gasteiger partial charge in [-0.3, -0.25) is 0 Å². The van der Waals surface area contributed by atoms with E-state index in [0.29, 0.717) is 6.54 Å². The Morgan fingerprint density at radius 1 is 1.41 bits per heavy atom. The predicted molar refractivity (Wildman–Crippen MR) is 73.7 cm³/mol. The summed E-state index contributed by atoms with van der Waals surface area (Å²) < 4.78 is 0. The van der Waals surface area contributed by atoms with Crippen LogP contribution >= 0.6 is 11.3 Å². The minimum Gasteiger partial charge on any atom is -0.350 e. The molecule has 1 aromatic rings. The average Bonchev–Trinajstić information content (AvgIpc) is 2.94. The number of anilines is 1. The minimum atomic E-state index is 0.601. The fourth-order valence-corrected chi connectivity index (χ4v) is 3.09. The average molecular weight is 254 g/mol. The van der Waals surface area contributed by atoms with E-state index in [2.05, 4.69) is 21.8 Å². The molecule has 0 aromatic carbocycles. The van der Waals surface area contributed by atoms with E-state index in [4.69, 9.17) is 5.73 Å². The summed E-state index contributed by atoms with van der Waals surface area (Å²) in [6, 6.07) is 0. The van der Waals surface area contributed by atoms with Gasteiger partial charge in [0.05, 0.1) is 5.69 Å². The molecule has 2 N–H and O–H groups in total. The van der Waals surface area contributed by atoms with Crippen LogP contribution in [-0.4, -0.2) is 43.1 Å². The Bertz CT molecular complexity index is 357. The maximum Gasteiger partial charge on any atom is 0.185 e. The molecule has 0 amide bonds. The van der Waals surface area contributed by atoms with Crippen molar-refractivity contribution in [3.63, 3.8) is 0 Å². The largest absolute Gasteiger partial charge is 0.350 e. The first kappa shape index (κ1) is 12.8. The molecule has 0 aliphatic carbocycles. The van der Waals surface area contributed by atoms with Crippen molar-refractivity contribution in [3.8, 4) is 0 Å². The van der Waals surface area contributed by atoms with E-state index in [1.54, 1.807) is 11.3 Å². The van der Waals surface area contributed by atoms with Crippen molar-refractivity contribution in [2.24, 2.45) is 5.73 Å². The van der Waals surface area contributed by atoms with Crippen molar-refractivity contribution in [3.05, 3.63) is 10.6 Å². The number of thiazole rings is 1. The van der Waals surface area contributed by atoms with Crippen LogP contribution in [-0.2, 0) is 6.54 Å². The smallest absolute Gasteiger partial charge is 0.185 e. The lowest BCUT2D eigenvalue weighted by molar-refractivity contribution is 0.346. The second-order valence-electron chi connectivity index (χ2n) is 4.68. The molecule has 0 unspecified atom stereocenters. The lowest BCUT2D eigenvalue weighted by Crippen LogP contribution is -2.31. The number of aryl methyl sites for hydroxylation is 1. The second kappa shape index (κ2) is 5.80. The first-order valence-corrected chi connectivity index (χ1v) is 7.12. The fraction of sp³-hybridized carbons (Fsp3) is 0.750. The van der Waals surface area contributed by atoms with Gasteiger partial charge in [0.2, 0.25) is 0 Å². The normalized spacial score (nSPS) is 16.6. The van der Waals surface area contributed by atoms with Crippen LogP contribution in [0.1, 0.15) is 23.4 Å². The molecule has 0 saturated carbocycles. The van der Waals surface area contributed by atoms with Crippen LogP contribution in [0.3, 0.4) is 0 Å². The van der Waals surface area contributed by atoms with E-state index in [1.807, 2.05) is 6.92 Å². The summed E-state index contributed by atoms with van der Waals surface area (Å²) in [5.74, 6) is 0. The lowest BCUT2D eigenvalue weighted by Gasteiger charge is -2.20. The number of hydrogen-bond donors (Lipinski definition) is 1. The van der Waals surface area contributed by atoms with Gasteiger partial charge in [-0.1, -0.05) is 0 Å². The third-order valence-electron chi connectivity index (χ3n) is 3.34. The van der Waals surface area contributed by atoms with Gasteiger partial charge in [-0.2, -0.15) is 0 Å². The molecular formula is C12H22N4S. The molecule has 2 rings (SSSR count). The number of aromatic nitrogens is 1. The highest BCUT2D eigenvalue weighted by molar-refractivity contribution is 7.15. The van der Waals surface area contributed by atoms with Crippen LogP contribution in [0.15, 0.2) is 0 Å². The van der Waals surface area contributed by atoms with Crippen LogP contribution in [0, 0.1) is 6.92 Å². The Labute approximate surface area is 107 Å². The Hall–Kier alpha value is -0.650. The topological polar surface area (TPSA) is 45.4 Å². The lowest BCUT2D eigenvalue weighted by atomic mass is 10.4. The molecule has 1 aromatic heterocycles. The molecule has 5 heteroatoms. The minimum absolute atomic E-state index is 0.601. The Kier molecular flexibility index (Phi) is 4.36. The van der Waals surface area contributed by atoms with Gasteiger partial charge in [-0.25, -0.2) is 4.98 Å². The zero-order valence-corrected chi connectivity index (χ0v) is 11.6. The number of nitrogens with zero attached hydrogens (tertiary/aromatic N) is 3. The summed E-state index contributed by atoms with van der Waals surface area (Å²) >= 11 is 1.72. The molecule has 0 radical (unpaired) electrons. The van der Waals surface area contributed by atoms with E-state index in [1.165, 1.54) is 30.8 Å². The highest BCUT2D eigenvalue weighted by atomic mass is 32.1. The molecule has 4 nitrogen and oxygen atoms in total. The van der Waals surface area contributed by atoms with Gasteiger partial charge in [0.1, 0.15) is 0 Å². The van der Waals surface area contributed by atoms with Gasteiger partial charge in [-0.05, 0) is 32.9 Å². The van der Waals surface area contributed by atoms with Crippen molar-refractivity contribution in [2.75, 3.05) is 38.1 Å². The molecular weight excluding hydrogens is 232 g/mol. The number of hydrogen-bond acceptors (Lipinski definition) is 5. The van der Waals surface area contributed by atoms with Crippen molar-refractivity contribution in [1.29, 1.82) is 0 Å². The van der Waals surface area contributed by atoms with E-state index in [0.717, 1.165) is 23.9 Å². The van der Waals surface area contributed by atoms with Crippen molar-refractivity contribution in [2.45, 2.75) is 26.3 Å². The number of likely N-dealkylation sites (tertiary alicyclic amines) is 1. The zero-order valence-electron chi connectivity index (χ0n) is 10.8. The molecule has 1 aliphatic heterocycles. The monoisotopic (exact) mass is 254 g/mol. The highest BCUT2D eigenvalue weighted by Gasteiger charge is 2.14. The number of nitrogens with two attached hydrogens (primary N) is 1. The first-order valence-electron chi connectivity index (χ1n) is 6.30. The molecule has 17 heavy (non-hydrogen) atoms. The Morgan fingerprint density at radius 2 is 2.12 bits per heavy atom. The van der Waals surface area contributed by atoms with Crippen LogP contribution in [0.4, 0.5) is 5.13 Å². The Morgan fingerprint density at radius 3 is 2.71 bits per heavy atom. The molecule has 96 valence electrons. The van der Waals surface area contributed by atoms with Gasteiger partial charge in [0.15, 0.2) is 5.13 Å². The molecule has 2 heterocycles. The van der Waals surface area contributed by atoms with Gasteiger partial charge in [-0.15, -0.1) is 11.3 Å². The van der Waals surface area contributed by atoms with Crippen LogP contribution < -0.4 is 10.6 Å². The summed E-state index contributed by atoms with van der Waals surface area (Å²) in [6.07, 6.45) is 2.72. The van der Waals surface area contributed by atoms with Gasteiger partial charge >= 0.3 is 0 Å². The summed E-state index contributed by atoms with van der Waals surface area (Å²) in [4.78, 5) is 10.5. The summed E-state index contributed by atoms with van der Waals surface area (Å²) in [5, 5.41) is 1.10. The van der Waals surface area contributed by atoms with E-state index < -0.39 is 0 Å². The molecule has 0 bridgehead atoms. The Balaban J connectivity index is 1.87. The molecule has 0 spiro atoms. The zero-order chi connectivity index (χ0) is 12.3. The summed E-state index contributed by atoms with van der Waals surface area (Å²) in [6.45, 7) is 7.36. The maximum absolute atomic E-state index is 5.68. The summed E-state index contributed by atoms with van der Waals surface area (Å²) in [5.41, 5.74) is 6.77. The fourth-order valence-electron chi connectivity index (χ4n) is 2.16. The molecule has 1 aliphatic rings. The standard InChI is InChI=1S/C12H22N4S/c1-10-11(9-13)17-12(14-10)15(2)7-8-16-5-3-4-6-16/h3-9,13H2,1-2H3. The van der Waals surface area contributed by atoms with Crippen molar-refractivity contribution >= 4 is 16.5 Å². The number of likely N-dealkylation sites (N-methyl/N-ethyl adjacent to an activating group) is 1. The first-order chi connectivity index (χ1) is 8.20. The van der Waals surface area contributed by atoms with E-state index in [9.17, 15) is 0 Å². The van der Waals surface area contributed by atoms with Gasteiger partial charge in [0, 0.05) is 31.6 Å². The molecule has 1 fully saturated rings. The second-order valence-corrected chi connectivity index (χ2v) is 5.74. The van der Waals surface area contributed by atoms with Crippen LogP contribution in [0.25, 0.3) is 0 Å². The van der Waals surface area contributed by atoms with Crippen molar-refractivity contribution < 1.29 is 0 Å². The quantitative estimate of drug-likeness (QED) is 0.864. The van der Waals surface area contributed by atoms with Crippen LogP contribution in [0.2, 0.25) is 0 Å². The number of rotatable bonds is 5. The highest BCUT2D eigenvalue weighted by Crippen LogP contribution is 2.24. The third kappa shape index (κ3) is 3.18. The van der Waals surface area contributed by atoms with Gasteiger partial charge < -0.3 is 15.5 Å². The predicted octanol–water partition coefficient (Wildman–Crippen LogP) is 1.44. The maximum atomic E-state index is 5.68. The third-order valence-corrected chi connectivity index (χ3v) is 4.64. The molecule has 1 saturated heterocycles. The van der Waals surface area contributed by atoms with E-state index >= 15 is 0 Å². The van der Waals surface area contributed by atoms with Crippen molar-refractivity contribution in [1.82, 2.24) is 9.88 Å².